The third kappa shape index (κ3) is 4.23. The summed E-state index contributed by atoms with van der Waals surface area (Å²) in [6, 6.07) is 21.2. The average Bonchev–Trinajstić information content (AvgIpc) is 3.04. The molecule has 6 heteroatoms. The van der Waals surface area contributed by atoms with Gasteiger partial charge in [-0.1, -0.05) is 54.6 Å². The molecule has 0 unspecified atom stereocenters. The van der Waals surface area contributed by atoms with Gasteiger partial charge in [-0.15, -0.1) is 11.8 Å². The molecule has 4 rings (SSSR count). The SMILES string of the molecule is O=C(OCc1cccc2ccccc12)c1ccccc1S[C@H]1CCS(=O)(=O)C1. The Balaban J connectivity index is 1.49. The lowest BCUT2D eigenvalue weighted by Gasteiger charge is -2.13. The van der Waals surface area contributed by atoms with Crippen molar-refractivity contribution >= 4 is 38.3 Å². The van der Waals surface area contributed by atoms with Crippen LogP contribution in [0.5, 0.6) is 0 Å². The van der Waals surface area contributed by atoms with E-state index in [0.29, 0.717) is 12.0 Å². The van der Waals surface area contributed by atoms with Gasteiger partial charge in [0, 0.05) is 10.1 Å². The molecule has 0 bridgehead atoms. The first-order chi connectivity index (χ1) is 13.5. The number of hydrogen-bond donors (Lipinski definition) is 0. The lowest BCUT2D eigenvalue weighted by molar-refractivity contribution is 0.0470. The average molecular weight is 413 g/mol. The summed E-state index contributed by atoms with van der Waals surface area (Å²) in [4.78, 5) is 13.5. The van der Waals surface area contributed by atoms with Crippen LogP contribution in [0.1, 0.15) is 22.3 Å². The number of carbonyl (C=O) groups excluding carboxylic acids is 1. The Morgan fingerprint density at radius 1 is 1.00 bits per heavy atom. The van der Waals surface area contributed by atoms with Crippen molar-refractivity contribution in [2.75, 3.05) is 11.5 Å². The number of rotatable bonds is 5. The molecule has 1 fully saturated rings. The first-order valence-corrected chi connectivity index (χ1v) is 11.8. The molecule has 0 N–H and O–H groups in total. The summed E-state index contributed by atoms with van der Waals surface area (Å²) in [6.45, 7) is 0.191. The normalized spacial score (nSPS) is 18.2. The van der Waals surface area contributed by atoms with Gasteiger partial charge in [-0.25, -0.2) is 13.2 Å². The zero-order valence-corrected chi connectivity index (χ0v) is 16.8. The molecule has 3 aromatic rings. The molecule has 1 aliphatic rings. The zero-order valence-electron chi connectivity index (χ0n) is 15.2. The molecule has 1 aliphatic heterocycles. The van der Waals surface area contributed by atoms with E-state index in [9.17, 15) is 13.2 Å². The third-order valence-corrected chi connectivity index (χ3v) is 8.15. The van der Waals surface area contributed by atoms with Gasteiger partial charge in [0.2, 0.25) is 0 Å². The van der Waals surface area contributed by atoms with E-state index in [4.69, 9.17) is 4.74 Å². The molecular weight excluding hydrogens is 392 g/mol. The molecule has 0 aliphatic carbocycles. The summed E-state index contributed by atoms with van der Waals surface area (Å²) < 4.78 is 29.0. The van der Waals surface area contributed by atoms with Gasteiger partial charge < -0.3 is 4.74 Å². The molecule has 0 saturated carbocycles. The van der Waals surface area contributed by atoms with Crippen molar-refractivity contribution in [3.63, 3.8) is 0 Å². The quantitative estimate of drug-likeness (QED) is 0.579. The van der Waals surface area contributed by atoms with Crippen molar-refractivity contribution in [3.05, 3.63) is 77.9 Å². The zero-order chi connectivity index (χ0) is 19.6. The molecule has 144 valence electrons. The molecule has 0 aromatic heterocycles. The Bertz CT molecular complexity index is 1120. The standard InChI is InChI=1S/C22H20O4S2/c23-22(26-14-17-8-5-7-16-6-1-2-9-19(16)17)20-10-3-4-11-21(20)27-18-12-13-28(24,25)15-18/h1-11,18H,12-15H2/t18-/m0/s1. The minimum atomic E-state index is -2.95. The number of esters is 1. The fraction of sp³-hybridized carbons (Fsp3) is 0.227. The Morgan fingerprint density at radius 3 is 2.57 bits per heavy atom. The van der Waals surface area contributed by atoms with Crippen LogP contribution in [0.2, 0.25) is 0 Å². The Labute approximate surface area is 168 Å². The van der Waals surface area contributed by atoms with Crippen LogP contribution < -0.4 is 0 Å². The second kappa shape index (κ2) is 7.97. The summed E-state index contributed by atoms with van der Waals surface area (Å²) in [5.41, 5.74) is 1.44. The van der Waals surface area contributed by atoms with Crippen LogP contribution in [0.25, 0.3) is 10.8 Å². The van der Waals surface area contributed by atoms with Crippen LogP contribution in [0, 0.1) is 0 Å². The van der Waals surface area contributed by atoms with Crippen molar-refractivity contribution in [1.82, 2.24) is 0 Å². The van der Waals surface area contributed by atoms with Gasteiger partial charge in [0.05, 0.1) is 17.1 Å². The summed E-state index contributed by atoms with van der Waals surface area (Å²) in [5.74, 6) is -0.00743. The van der Waals surface area contributed by atoms with E-state index in [1.165, 1.54) is 11.8 Å². The maximum atomic E-state index is 12.7. The van der Waals surface area contributed by atoms with Crippen molar-refractivity contribution in [3.8, 4) is 0 Å². The number of fused-ring (bicyclic) bond motifs is 1. The Kier molecular flexibility index (Phi) is 5.42. The van der Waals surface area contributed by atoms with Gasteiger partial charge in [-0.05, 0) is 34.9 Å². The molecule has 0 spiro atoms. The van der Waals surface area contributed by atoms with E-state index in [1.807, 2.05) is 54.6 Å². The molecule has 0 amide bonds. The molecular formula is C22H20O4S2. The van der Waals surface area contributed by atoms with Crippen LogP contribution in [0.3, 0.4) is 0 Å². The van der Waals surface area contributed by atoms with Crippen LogP contribution in [0.15, 0.2) is 71.6 Å². The van der Waals surface area contributed by atoms with Gasteiger partial charge in [0.25, 0.3) is 0 Å². The number of thioether (sulfide) groups is 1. The first-order valence-electron chi connectivity index (χ1n) is 9.12. The fourth-order valence-electron chi connectivity index (χ4n) is 3.41. The van der Waals surface area contributed by atoms with Crippen molar-refractivity contribution in [1.29, 1.82) is 0 Å². The van der Waals surface area contributed by atoms with Crippen LogP contribution in [0.4, 0.5) is 0 Å². The number of sulfone groups is 1. The first kappa shape index (κ1) is 19.0. The van der Waals surface area contributed by atoms with Crippen molar-refractivity contribution in [2.45, 2.75) is 23.2 Å². The smallest absolute Gasteiger partial charge is 0.339 e. The molecule has 1 atom stereocenters. The highest BCUT2D eigenvalue weighted by molar-refractivity contribution is 8.02. The second-order valence-electron chi connectivity index (χ2n) is 6.85. The highest BCUT2D eigenvalue weighted by atomic mass is 32.2. The Hall–Kier alpha value is -2.31. The maximum absolute atomic E-state index is 12.7. The van der Waals surface area contributed by atoms with Crippen molar-refractivity contribution < 1.29 is 17.9 Å². The third-order valence-electron chi connectivity index (χ3n) is 4.83. The molecule has 3 aromatic carbocycles. The second-order valence-corrected chi connectivity index (χ2v) is 10.4. The molecule has 28 heavy (non-hydrogen) atoms. The topological polar surface area (TPSA) is 60.4 Å². The van der Waals surface area contributed by atoms with Crippen LogP contribution in [-0.2, 0) is 21.2 Å². The molecule has 0 radical (unpaired) electrons. The number of ether oxygens (including phenoxy) is 1. The monoisotopic (exact) mass is 412 g/mol. The fourth-order valence-corrected chi connectivity index (χ4v) is 7.03. The lowest BCUT2D eigenvalue weighted by Crippen LogP contribution is -2.10. The highest BCUT2D eigenvalue weighted by Crippen LogP contribution is 2.33. The minimum Gasteiger partial charge on any atom is -0.457 e. The maximum Gasteiger partial charge on any atom is 0.339 e. The van der Waals surface area contributed by atoms with Gasteiger partial charge in [-0.2, -0.15) is 0 Å². The van der Waals surface area contributed by atoms with Gasteiger partial charge in [0.1, 0.15) is 6.61 Å². The largest absolute Gasteiger partial charge is 0.457 e. The number of benzene rings is 3. The van der Waals surface area contributed by atoms with E-state index in [-0.39, 0.29) is 23.4 Å². The summed E-state index contributed by atoms with van der Waals surface area (Å²) in [6.07, 6.45) is 0.617. The van der Waals surface area contributed by atoms with E-state index < -0.39 is 15.8 Å². The summed E-state index contributed by atoms with van der Waals surface area (Å²) in [5, 5.41) is 2.16. The summed E-state index contributed by atoms with van der Waals surface area (Å²) >= 11 is 1.45. The predicted molar refractivity (Wildman–Crippen MR) is 112 cm³/mol. The van der Waals surface area contributed by atoms with E-state index in [1.54, 1.807) is 12.1 Å². The minimum absolute atomic E-state index is 0.0167. The van der Waals surface area contributed by atoms with E-state index in [0.717, 1.165) is 21.2 Å². The lowest BCUT2D eigenvalue weighted by atomic mass is 10.1. The van der Waals surface area contributed by atoms with Gasteiger partial charge >= 0.3 is 5.97 Å². The van der Waals surface area contributed by atoms with E-state index in [2.05, 4.69) is 0 Å². The predicted octanol–water partition coefficient (Wildman–Crippen LogP) is 4.48. The van der Waals surface area contributed by atoms with Crippen molar-refractivity contribution in [2.24, 2.45) is 0 Å². The summed E-state index contributed by atoms with van der Waals surface area (Å²) in [7, 11) is -2.95. The Morgan fingerprint density at radius 2 is 1.75 bits per heavy atom. The number of hydrogen-bond acceptors (Lipinski definition) is 5. The van der Waals surface area contributed by atoms with Gasteiger partial charge in [-0.3, -0.25) is 0 Å². The number of carbonyl (C=O) groups is 1. The van der Waals surface area contributed by atoms with Crippen LogP contribution in [-0.4, -0.2) is 31.1 Å². The molecule has 1 saturated heterocycles. The van der Waals surface area contributed by atoms with Crippen LogP contribution >= 0.6 is 11.8 Å². The highest BCUT2D eigenvalue weighted by Gasteiger charge is 2.29. The molecule has 4 nitrogen and oxygen atoms in total. The van der Waals surface area contributed by atoms with E-state index >= 15 is 0 Å². The molecule has 1 heterocycles. The van der Waals surface area contributed by atoms with Gasteiger partial charge in [0.15, 0.2) is 9.84 Å².